The number of amides is 1. The van der Waals surface area contributed by atoms with Gasteiger partial charge in [0.05, 0.1) is 11.8 Å². The molecule has 0 saturated carbocycles. The van der Waals surface area contributed by atoms with Crippen LogP contribution in [0, 0.1) is 5.82 Å². The number of nitrogens with zero attached hydrogens (tertiary/aromatic N) is 3. The number of halogens is 1. The molecular formula is C15H23FN4O. The van der Waals surface area contributed by atoms with Crippen molar-refractivity contribution in [3.8, 4) is 0 Å². The summed E-state index contributed by atoms with van der Waals surface area (Å²) in [6.07, 6.45) is 2.06. The van der Waals surface area contributed by atoms with Crippen molar-refractivity contribution in [2.45, 2.75) is 26.3 Å². The van der Waals surface area contributed by atoms with Gasteiger partial charge in [-0.1, -0.05) is 6.92 Å². The van der Waals surface area contributed by atoms with E-state index in [2.05, 4.69) is 15.2 Å². The molecule has 1 N–H and O–H groups in total. The molecule has 1 saturated heterocycles. The van der Waals surface area contributed by atoms with Gasteiger partial charge in [0.2, 0.25) is 0 Å². The summed E-state index contributed by atoms with van der Waals surface area (Å²) in [5.41, 5.74) is 0.319. The highest BCUT2D eigenvalue weighted by Gasteiger charge is 2.28. The number of carbonyl (C=O) groups is 1. The highest BCUT2D eigenvalue weighted by molar-refractivity contribution is 5.99. The highest BCUT2D eigenvalue weighted by Crippen LogP contribution is 2.19. The number of rotatable bonds is 4. The number of anilines is 1. The fraction of sp³-hybridized carbons (Fsp3) is 0.600. The topological polar surface area (TPSA) is 48.5 Å². The monoisotopic (exact) mass is 294 g/mol. The first-order valence-corrected chi connectivity index (χ1v) is 7.41. The molecule has 1 aliphatic heterocycles. The second kappa shape index (κ2) is 6.85. The molecule has 0 bridgehead atoms. The summed E-state index contributed by atoms with van der Waals surface area (Å²) in [5, 5.41) is 3.10. The van der Waals surface area contributed by atoms with Gasteiger partial charge < -0.3 is 15.1 Å². The van der Waals surface area contributed by atoms with Crippen molar-refractivity contribution in [1.29, 1.82) is 0 Å². The molecule has 116 valence electrons. The van der Waals surface area contributed by atoms with E-state index in [-0.39, 0.29) is 11.9 Å². The summed E-state index contributed by atoms with van der Waals surface area (Å²) >= 11 is 0. The van der Waals surface area contributed by atoms with E-state index in [4.69, 9.17) is 0 Å². The maximum atomic E-state index is 13.5. The number of hydrogen-bond donors (Lipinski definition) is 1. The molecule has 1 fully saturated rings. The standard InChI is InChI=1S/C15H23FN4O/c1-4-5-17-14-13(8-12(16)9-18-14)15(21)20-7-6-19(3)10-11(20)2/h8-9,11H,4-7,10H2,1-3H3,(H,17,18). The molecule has 0 spiro atoms. The minimum absolute atomic E-state index is 0.110. The summed E-state index contributed by atoms with van der Waals surface area (Å²) in [6.45, 7) is 7.06. The fourth-order valence-corrected chi connectivity index (χ4v) is 2.58. The van der Waals surface area contributed by atoms with Crippen LogP contribution in [0.15, 0.2) is 12.3 Å². The third-order valence-electron chi connectivity index (χ3n) is 3.72. The number of nitrogens with one attached hydrogen (secondary N) is 1. The molecule has 6 heteroatoms. The van der Waals surface area contributed by atoms with E-state index < -0.39 is 5.82 Å². The summed E-state index contributed by atoms with van der Waals surface area (Å²) in [7, 11) is 2.04. The first-order valence-electron chi connectivity index (χ1n) is 7.41. The molecule has 1 aliphatic rings. The second-order valence-electron chi connectivity index (χ2n) is 5.59. The van der Waals surface area contributed by atoms with Gasteiger partial charge in [0.1, 0.15) is 11.6 Å². The summed E-state index contributed by atoms with van der Waals surface area (Å²) in [4.78, 5) is 20.7. The van der Waals surface area contributed by atoms with Gasteiger partial charge in [0, 0.05) is 32.2 Å². The van der Waals surface area contributed by atoms with Crippen LogP contribution in [0.1, 0.15) is 30.6 Å². The van der Waals surface area contributed by atoms with Crippen LogP contribution in [-0.2, 0) is 0 Å². The predicted octanol–water partition coefficient (Wildman–Crippen LogP) is 1.82. The zero-order valence-electron chi connectivity index (χ0n) is 12.9. The lowest BCUT2D eigenvalue weighted by molar-refractivity contribution is 0.0533. The van der Waals surface area contributed by atoms with E-state index in [9.17, 15) is 9.18 Å². The van der Waals surface area contributed by atoms with Gasteiger partial charge in [-0.15, -0.1) is 0 Å². The highest BCUT2D eigenvalue weighted by atomic mass is 19.1. The number of piperazine rings is 1. The summed E-state index contributed by atoms with van der Waals surface area (Å²) in [6, 6.07) is 1.39. The smallest absolute Gasteiger partial charge is 0.258 e. The maximum Gasteiger partial charge on any atom is 0.258 e. The van der Waals surface area contributed by atoms with Crippen LogP contribution in [0.2, 0.25) is 0 Å². The SMILES string of the molecule is CCCNc1ncc(F)cc1C(=O)N1CCN(C)CC1C. The van der Waals surface area contributed by atoms with Gasteiger partial charge in [-0.2, -0.15) is 0 Å². The van der Waals surface area contributed by atoms with Crippen LogP contribution in [0.25, 0.3) is 0 Å². The van der Waals surface area contributed by atoms with Crippen molar-refractivity contribution in [3.63, 3.8) is 0 Å². The Morgan fingerprint density at radius 2 is 2.29 bits per heavy atom. The van der Waals surface area contributed by atoms with Gasteiger partial charge in [0.25, 0.3) is 5.91 Å². The Kier molecular flexibility index (Phi) is 5.12. The van der Waals surface area contributed by atoms with E-state index in [1.54, 1.807) is 4.90 Å². The molecule has 1 aromatic heterocycles. The average molecular weight is 294 g/mol. The zero-order chi connectivity index (χ0) is 15.4. The number of hydrogen-bond acceptors (Lipinski definition) is 4. The number of carbonyl (C=O) groups excluding carboxylic acids is 1. The Morgan fingerprint density at radius 3 is 2.95 bits per heavy atom. The molecule has 0 aliphatic carbocycles. The first-order chi connectivity index (χ1) is 10.0. The molecule has 5 nitrogen and oxygen atoms in total. The van der Waals surface area contributed by atoms with Crippen molar-refractivity contribution in [3.05, 3.63) is 23.6 Å². The number of likely N-dealkylation sites (N-methyl/N-ethyl adjacent to an activating group) is 1. The van der Waals surface area contributed by atoms with Gasteiger partial charge in [-0.3, -0.25) is 4.79 Å². The van der Waals surface area contributed by atoms with Crippen molar-refractivity contribution >= 4 is 11.7 Å². The van der Waals surface area contributed by atoms with Crippen molar-refractivity contribution in [2.24, 2.45) is 0 Å². The molecule has 0 aromatic carbocycles. The Labute approximate surface area is 125 Å². The summed E-state index contributed by atoms with van der Waals surface area (Å²) in [5.74, 6) is -0.169. The summed E-state index contributed by atoms with van der Waals surface area (Å²) < 4.78 is 13.5. The largest absolute Gasteiger partial charge is 0.369 e. The first kappa shape index (κ1) is 15.7. The van der Waals surface area contributed by atoms with Crippen molar-refractivity contribution in [1.82, 2.24) is 14.8 Å². The second-order valence-corrected chi connectivity index (χ2v) is 5.59. The minimum Gasteiger partial charge on any atom is -0.369 e. The number of pyridine rings is 1. The van der Waals surface area contributed by atoms with Crippen LogP contribution in [-0.4, -0.2) is 60.0 Å². The number of aromatic nitrogens is 1. The van der Waals surface area contributed by atoms with Crippen molar-refractivity contribution in [2.75, 3.05) is 38.5 Å². The van der Waals surface area contributed by atoms with Gasteiger partial charge in [-0.25, -0.2) is 9.37 Å². The average Bonchev–Trinajstić information content (AvgIpc) is 2.45. The van der Waals surface area contributed by atoms with Crippen LogP contribution in [0.3, 0.4) is 0 Å². The maximum absolute atomic E-state index is 13.5. The lowest BCUT2D eigenvalue weighted by Crippen LogP contribution is -2.52. The molecule has 1 unspecified atom stereocenters. The molecule has 21 heavy (non-hydrogen) atoms. The molecule has 1 aromatic rings. The van der Waals surface area contributed by atoms with E-state index >= 15 is 0 Å². The predicted molar refractivity (Wildman–Crippen MR) is 81.0 cm³/mol. The Balaban J connectivity index is 2.23. The fourth-order valence-electron chi connectivity index (χ4n) is 2.58. The molecule has 2 rings (SSSR count). The quantitative estimate of drug-likeness (QED) is 0.920. The molecule has 0 radical (unpaired) electrons. The van der Waals surface area contributed by atoms with Crippen LogP contribution >= 0.6 is 0 Å². The van der Waals surface area contributed by atoms with E-state index in [1.165, 1.54) is 6.07 Å². The van der Waals surface area contributed by atoms with Crippen LogP contribution in [0.5, 0.6) is 0 Å². The van der Waals surface area contributed by atoms with Crippen molar-refractivity contribution < 1.29 is 9.18 Å². The molecule has 1 amide bonds. The van der Waals surface area contributed by atoms with Gasteiger partial charge in [-0.05, 0) is 26.5 Å². The third-order valence-corrected chi connectivity index (χ3v) is 3.72. The van der Waals surface area contributed by atoms with Crippen LogP contribution < -0.4 is 5.32 Å². The Hall–Kier alpha value is -1.69. The lowest BCUT2D eigenvalue weighted by Gasteiger charge is -2.38. The van der Waals surface area contributed by atoms with Gasteiger partial charge >= 0.3 is 0 Å². The Morgan fingerprint density at radius 1 is 1.52 bits per heavy atom. The third kappa shape index (κ3) is 3.69. The van der Waals surface area contributed by atoms with E-state index in [1.807, 2.05) is 20.9 Å². The Bertz CT molecular complexity index is 508. The molecule has 1 atom stereocenters. The van der Waals surface area contributed by atoms with E-state index in [0.717, 1.165) is 25.7 Å². The van der Waals surface area contributed by atoms with Gasteiger partial charge in [0.15, 0.2) is 0 Å². The van der Waals surface area contributed by atoms with Crippen LogP contribution in [0.4, 0.5) is 10.2 Å². The minimum atomic E-state index is -0.484. The zero-order valence-corrected chi connectivity index (χ0v) is 12.9. The van der Waals surface area contributed by atoms with E-state index in [0.29, 0.717) is 24.5 Å². The lowest BCUT2D eigenvalue weighted by atomic mass is 10.1. The normalized spacial score (nSPS) is 19.6. The molecule has 2 heterocycles. The molecular weight excluding hydrogens is 271 g/mol.